The molecule has 2 rings (SSSR count). The van der Waals surface area contributed by atoms with Crippen LogP contribution >= 0.6 is 11.6 Å². The molecule has 0 aliphatic carbocycles. The molecule has 0 radical (unpaired) electrons. The van der Waals surface area contributed by atoms with Gasteiger partial charge in [-0.05, 0) is 12.1 Å². The summed E-state index contributed by atoms with van der Waals surface area (Å²) in [5, 5.41) is 12.7. The van der Waals surface area contributed by atoms with E-state index >= 15 is 0 Å². The number of rotatable bonds is 6. The summed E-state index contributed by atoms with van der Waals surface area (Å²) < 4.78 is 27.4. The number of aromatic nitrogens is 3. The van der Waals surface area contributed by atoms with Gasteiger partial charge in [0.25, 0.3) is 0 Å². The molecule has 1 aromatic heterocycles. The highest BCUT2D eigenvalue weighted by molar-refractivity contribution is 7.92. The second-order valence-corrected chi connectivity index (χ2v) is 6.29. The normalized spacial score (nSPS) is 11.3. The largest absolute Gasteiger partial charge is 0.481 e. The fourth-order valence-electron chi connectivity index (χ4n) is 1.59. The molecule has 0 saturated heterocycles. The van der Waals surface area contributed by atoms with Crippen molar-refractivity contribution in [3.05, 3.63) is 35.9 Å². The van der Waals surface area contributed by atoms with E-state index in [9.17, 15) is 13.2 Å². The fraction of sp³-hybridized carbons (Fsp3) is 0.182. The molecular formula is C11H11ClN4O4S. The topological polar surface area (TPSA) is 114 Å². The van der Waals surface area contributed by atoms with Gasteiger partial charge in [0.2, 0.25) is 10.0 Å². The van der Waals surface area contributed by atoms with Gasteiger partial charge in [0, 0.05) is 0 Å². The Kier molecular flexibility index (Phi) is 4.43. The molecule has 0 bridgehead atoms. The number of aliphatic carboxylic acids is 1. The molecule has 0 aliphatic rings. The van der Waals surface area contributed by atoms with Crippen molar-refractivity contribution >= 4 is 33.3 Å². The van der Waals surface area contributed by atoms with E-state index in [1.165, 1.54) is 23.4 Å². The van der Waals surface area contributed by atoms with E-state index in [0.29, 0.717) is 5.69 Å². The molecule has 21 heavy (non-hydrogen) atoms. The second kappa shape index (κ2) is 6.10. The number of hydrogen-bond donors (Lipinski definition) is 2. The van der Waals surface area contributed by atoms with Gasteiger partial charge in [0.15, 0.2) is 0 Å². The van der Waals surface area contributed by atoms with Crippen LogP contribution in [0.2, 0.25) is 5.02 Å². The summed E-state index contributed by atoms with van der Waals surface area (Å²) in [6.45, 7) is 0. The second-order valence-electron chi connectivity index (χ2n) is 4.04. The van der Waals surface area contributed by atoms with Crippen molar-refractivity contribution in [1.29, 1.82) is 0 Å². The first kappa shape index (κ1) is 15.3. The maximum absolute atomic E-state index is 11.9. The molecule has 10 heteroatoms. The Hall–Kier alpha value is -2.13. The van der Waals surface area contributed by atoms with Crippen molar-refractivity contribution in [3.8, 4) is 5.69 Å². The van der Waals surface area contributed by atoms with Gasteiger partial charge in [-0.15, -0.1) is 0 Å². The van der Waals surface area contributed by atoms with Crippen LogP contribution in [0, 0.1) is 0 Å². The predicted molar refractivity (Wildman–Crippen MR) is 76.0 cm³/mol. The summed E-state index contributed by atoms with van der Waals surface area (Å²) in [4.78, 5) is 14.2. The van der Waals surface area contributed by atoms with E-state index in [4.69, 9.17) is 16.7 Å². The smallest absolute Gasteiger partial charge is 0.304 e. The number of nitrogens with one attached hydrogen (secondary N) is 1. The monoisotopic (exact) mass is 330 g/mol. The first-order valence-electron chi connectivity index (χ1n) is 5.75. The third-order valence-corrected chi connectivity index (χ3v) is 4.06. The molecule has 112 valence electrons. The number of carbonyl (C=O) groups is 1. The van der Waals surface area contributed by atoms with Crippen LogP contribution < -0.4 is 4.72 Å². The minimum Gasteiger partial charge on any atom is -0.481 e. The van der Waals surface area contributed by atoms with Gasteiger partial charge >= 0.3 is 5.97 Å². The molecule has 0 atom stereocenters. The molecule has 0 aliphatic heterocycles. The molecule has 0 fully saturated rings. The first-order valence-corrected chi connectivity index (χ1v) is 7.78. The molecule has 2 N–H and O–H groups in total. The maximum Gasteiger partial charge on any atom is 0.304 e. The van der Waals surface area contributed by atoms with Gasteiger partial charge < -0.3 is 5.11 Å². The van der Waals surface area contributed by atoms with Crippen LogP contribution in [-0.2, 0) is 14.8 Å². The zero-order chi connectivity index (χ0) is 15.5. The number of anilines is 1. The molecule has 8 nitrogen and oxygen atoms in total. The van der Waals surface area contributed by atoms with E-state index in [-0.39, 0.29) is 10.7 Å². The molecule has 0 saturated carbocycles. The molecule has 1 aromatic carbocycles. The minimum absolute atomic E-state index is 0.193. The lowest BCUT2D eigenvalue weighted by molar-refractivity contribution is -0.136. The Balaban J connectivity index is 2.33. The van der Waals surface area contributed by atoms with Crippen LogP contribution in [0.15, 0.2) is 30.9 Å². The van der Waals surface area contributed by atoms with Crippen molar-refractivity contribution in [2.24, 2.45) is 0 Å². The third-order valence-electron chi connectivity index (χ3n) is 2.48. The van der Waals surface area contributed by atoms with Gasteiger partial charge in [0.05, 0.1) is 22.9 Å². The summed E-state index contributed by atoms with van der Waals surface area (Å²) in [5.74, 6) is -1.73. The van der Waals surface area contributed by atoms with Gasteiger partial charge in [0.1, 0.15) is 18.3 Å². The van der Waals surface area contributed by atoms with Crippen molar-refractivity contribution in [2.75, 3.05) is 10.5 Å². The third kappa shape index (κ3) is 3.92. The minimum atomic E-state index is -3.81. The van der Waals surface area contributed by atoms with Gasteiger partial charge in [-0.2, -0.15) is 5.10 Å². The zero-order valence-corrected chi connectivity index (χ0v) is 12.2. The number of hydrogen-bond acceptors (Lipinski definition) is 5. The Morgan fingerprint density at radius 2 is 2.19 bits per heavy atom. The number of nitrogens with zero attached hydrogens (tertiary/aromatic N) is 3. The Morgan fingerprint density at radius 1 is 1.43 bits per heavy atom. The average Bonchev–Trinajstić information content (AvgIpc) is 2.90. The van der Waals surface area contributed by atoms with Crippen LogP contribution in [0.1, 0.15) is 6.42 Å². The Bertz CT molecular complexity index is 746. The quantitative estimate of drug-likeness (QED) is 0.820. The van der Waals surface area contributed by atoms with Crippen molar-refractivity contribution in [3.63, 3.8) is 0 Å². The molecule has 1 heterocycles. The van der Waals surface area contributed by atoms with Crippen LogP contribution in [0.4, 0.5) is 5.69 Å². The van der Waals surface area contributed by atoms with Crippen LogP contribution in [0.3, 0.4) is 0 Å². The van der Waals surface area contributed by atoms with Crippen LogP contribution in [0.25, 0.3) is 5.69 Å². The summed E-state index contributed by atoms with van der Waals surface area (Å²) in [6, 6.07) is 4.65. The average molecular weight is 331 g/mol. The van der Waals surface area contributed by atoms with Crippen LogP contribution in [-0.4, -0.2) is 40.0 Å². The van der Waals surface area contributed by atoms with E-state index in [1.807, 2.05) is 0 Å². The Morgan fingerprint density at radius 3 is 2.81 bits per heavy atom. The van der Waals surface area contributed by atoms with E-state index < -0.39 is 28.2 Å². The summed E-state index contributed by atoms with van der Waals surface area (Å²) in [6.07, 6.45) is 2.16. The number of carboxylic acid groups (broad SMARTS) is 1. The SMILES string of the molecule is O=C(O)CCS(=O)(=O)Nc1cccc(Cl)c1-n1cncn1. The van der Waals surface area contributed by atoms with E-state index in [2.05, 4.69) is 14.8 Å². The molecule has 0 spiro atoms. The van der Waals surface area contributed by atoms with Gasteiger partial charge in [-0.1, -0.05) is 17.7 Å². The van der Waals surface area contributed by atoms with Gasteiger partial charge in [-0.3, -0.25) is 9.52 Å². The summed E-state index contributed by atoms with van der Waals surface area (Å²) >= 11 is 6.06. The fourth-order valence-corrected chi connectivity index (χ4v) is 2.90. The molecule has 2 aromatic rings. The predicted octanol–water partition coefficient (Wildman–Crippen LogP) is 1.14. The molecule has 0 unspecified atom stereocenters. The lowest BCUT2D eigenvalue weighted by Gasteiger charge is -2.13. The van der Waals surface area contributed by atoms with Crippen molar-refractivity contribution < 1.29 is 18.3 Å². The summed E-state index contributed by atoms with van der Waals surface area (Å²) in [7, 11) is -3.81. The summed E-state index contributed by atoms with van der Waals surface area (Å²) in [5.41, 5.74) is 0.508. The van der Waals surface area contributed by atoms with Crippen molar-refractivity contribution in [2.45, 2.75) is 6.42 Å². The van der Waals surface area contributed by atoms with E-state index in [0.717, 1.165) is 0 Å². The zero-order valence-electron chi connectivity index (χ0n) is 10.6. The lowest BCUT2D eigenvalue weighted by Crippen LogP contribution is -2.20. The lowest BCUT2D eigenvalue weighted by atomic mass is 10.3. The van der Waals surface area contributed by atoms with Crippen molar-refractivity contribution in [1.82, 2.24) is 14.8 Å². The number of carboxylic acids is 1. The number of sulfonamides is 1. The van der Waals surface area contributed by atoms with E-state index in [1.54, 1.807) is 12.1 Å². The maximum atomic E-state index is 11.9. The highest BCUT2D eigenvalue weighted by atomic mass is 35.5. The standard InChI is InChI=1S/C11H11ClN4O4S/c12-8-2-1-3-9(11(8)16-7-13-6-14-16)15-21(19,20)5-4-10(17)18/h1-3,6-7,15H,4-5H2,(H,17,18). The van der Waals surface area contributed by atoms with Gasteiger partial charge in [-0.25, -0.2) is 18.1 Å². The van der Waals surface area contributed by atoms with Crippen LogP contribution in [0.5, 0.6) is 0 Å². The highest BCUT2D eigenvalue weighted by Gasteiger charge is 2.17. The number of benzene rings is 1. The molecular weight excluding hydrogens is 320 g/mol. The number of halogens is 1. The first-order chi connectivity index (χ1) is 9.89. The highest BCUT2D eigenvalue weighted by Crippen LogP contribution is 2.28. The molecule has 0 amide bonds. The Labute approximate surface area is 125 Å². The number of para-hydroxylation sites is 1.